The summed E-state index contributed by atoms with van der Waals surface area (Å²) in [5, 5.41) is 3.55. The quantitative estimate of drug-likeness (QED) is 0.625. The van der Waals surface area contributed by atoms with Crippen molar-refractivity contribution in [3.8, 4) is 0 Å². The minimum atomic E-state index is 0.382. The number of thioether (sulfide) groups is 1. The summed E-state index contributed by atoms with van der Waals surface area (Å²) < 4.78 is 5.81. The van der Waals surface area contributed by atoms with E-state index >= 15 is 0 Å². The van der Waals surface area contributed by atoms with Gasteiger partial charge < -0.3 is 10.1 Å². The van der Waals surface area contributed by atoms with Gasteiger partial charge in [-0.05, 0) is 45.2 Å². The molecular formula is C15H32N2OS. The number of unbranched alkanes of at least 4 members (excludes halogenated alkanes) is 3. The highest BCUT2D eigenvalue weighted by atomic mass is 32.2. The molecule has 1 heterocycles. The number of nitrogens with one attached hydrogen (secondary N) is 1. The van der Waals surface area contributed by atoms with E-state index in [-0.39, 0.29) is 0 Å². The molecule has 1 aliphatic rings. The minimum Gasteiger partial charge on any atom is -0.374 e. The number of hydrogen-bond donors (Lipinski definition) is 1. The summed E-state index contributed by atoms with van der Waals surface area (Å²) in [4.78, 5) is 2.51. The van der Waals surface area contributed by atoms with Gasteiger partial charge in [-0.2, -0.15) is 11.8 Å². The Morgan fingerprint density at radius 3 is 2.79 bits per heavy atom. The monoisotopic (exact) mass is 288 g/mol. The van der Waals surface area contributed by atoms with Gasteiger partial charge in [0.2, 0.25) is 0 Å². The first-order valence-corrected chi connectivity index (χ1v) is 9.18. The van der Waals surface area contributed by atoms with Crippen LogP contribution in [-0.2, 0) is 4.74 Å². The lowest BCUT2D eigenvalue weighted by atomic mass is 10.2. The van der Waals surface area contributed by atoms with Crippen molar-refractivity contribution >= 4 is 11.8 Å². The molecule has 0 bridgehead atoms. The van der Waals surface area contributed by atoms with Crippen LogP contribution < -0.4 is 5.32 Å². The predicted molar refractivity (Wildman–Crippen MR) is 86.2 cm³/mol. The van der Waals surface area contributed by atoms with Gasteiger partial charge in [0.25, 0.3) is 0 Å². The fraction of sp³-hybridized carbons (Fsp3) is 1.00. The third kappa shape index (κ3) is 8.18. The summed E-state index contributed by atoms with van der Waals surface area (Å²) in [5.74, 6) is 1.31. The molecule has 1 saturated heterocycles. The third-order valence-electron chi connectivity index (χ3n) is 3.72. The second-order valence-corrected chi connectivity index (χ2v) is 6.68. The van der Waals surface area contributed by atoms with E-state index in [9.17, 15) is 0 Å². The number of ether oxygens (including phenoxy) is 1. The van der Waals surface area contributed by atoms with Gasteiger partial charge in [0, 0.05) is 25.7 Å². The molecular weight excluding hydrogens is 256 g/mol. The smallest absolute Gasteiger partial charge is 0.0826 e. The zero-order chi connectivity index (χ0) is 13.9. The van der Waals surface area contributed by atoms with Crippen LogP contribution in [0.1, 0.15) is 39.5 Å². The number of nitrogens with zero attached hydrogens (tertiary/aromatic N) is 1. The molecule has 19 heavy (non-hydrogen) atoms. The predicted octanol–water partition coefficient (Wildman–Crippen LogP) is 2.61. The Bertz CT molecular complexity index is 214. The Kier molecular flexibility index (Phi) is 9.96. The molecule has 0 spiro atoms. The highest BCUT2D eigenvalue weighted by Gasteiger charge is 2.21. The van der Waals surface area contributed by atoms with Crippen molar-refractivity contribution in [1.29, 1.82) is 0 Å². The van der Waals surface area contributed by atoms with Crippen molar-refractivity contribution in [3.05, 3.63) is 0 Å². The summed E-state index contributed by atoms with van der Waals surface area (Å²) >= 11 is 1.95. The van der Waals surface area contributed by atoms with Gasteiger partial charge in [0.1, 0.15) is 0 Å². The Balaban J connectivity index is 1.94. The number of morpholine rings is 1. The van der Waals surface area contributed by atoms with E-state index in [1.165, 1.54) is 31.4 Å². The van der Waals surface area contributed by atoms with Crippen molar-refractivity contribution < 1.29 is 4.74 Å². The highest BCUT2D eigenvalue weighted by molar-refractivity contribution is 7.98. The van der Waals surface area contributed by atoms with Gasteiger partial charge in [0.05, 0.1) is 12.7 Å². The largest absolute Gasteiger partial charge is 0.374 e. The molecule has 0 aromatic carbocycles. The molecule has 3 nitrogen and oxygen atoms in total. The Labute approximate surface area is 123 Å². The lowest BCUT2D eigenvalue weighted by Gasteiger charge is -2.35. The maximum atomic E-state index is 5.81. The van der Waals surface area contributed by atoms with Gasteiger partial charge in [-0.15, -0.1) is 0 Å². The van der Waals surface area contributed by atoms with Crippen molar-refractivity contribution in [3.63, 3.8) is 0 Å². The molecule has 0 amide bonds. The van der Waals surface area contributed by atoms with Crippen molar-refractivity contribution in [2.24, 2.45) is 0 Å². The van der Waals surface area contributed by atoms with Crippen LogP contribution in [0.5, 0.6) is 0 Å². The average molecular weight is 289 g/mol. The summed E-state index contributed by atoms with van der Waals surface area (Å²) in [6.07, 6.45) is 7.98. The van der Waals surface area contributed by atoms with Crippen LogP contribution in [0.4, 0.5) is 0 Å². The van der Waals surface area contributed by atoms with Gasteiger partial charge in [-0.25, -0.2) is 0 Å². The molecule has 4 heteroatoms. The lowest BCUT2D eigenvalue weighted by Crippen LogP contribution is -2.49. The maximum Gasteiger partial charge on any atom is 0.0826 e. The molecule has 1 N–H and O–H groups in total. The van der Waals surface area contributed by atoms with Gasteiger partial charge in [-0.1, -0.05) is 12.8 Å². The summed E-state index contributed by atoms with van der Waals surface area (Å²) in [5.41, 5.74) is 0. The normalized spacial score (nSPS) is 21.2. The Morgan fingerprint density at radius 1 is 1.26 bits per heavy atom. The lowest BCUT2D eigenvalue weighted by molar-refractivity contribution is -0.0370. The standard InChI is InChI=1S/C15H32N2OS/c1-14(2)17-9-10-18-15(13-17)12-16-8-6-4-5-7-11-19-3/h14-16H,4-13H2,1-3H3. The maximum absolute atomic E-state index is 5.81. The van der Waals surface area contributed by atoms with Gasteiger partial charge in [0.15, 0.2) is 0 Å². The molecule has 114 valence electrons. The summed E-state index contributed by atoms with van der Waals surface area (Å²) in [6, 6.07) is 0.642. The molecule has 1 rings (SSSR count). The summed E-state index contributed by atoms with van der Waals surface area (Å²) in [7, 11) is 0. The van der Waals surface area contributed by atoms with Crippen molar-refractivity contribution in [1.82, 2.24) is 10.2 Å². The zero-order valence-electron chi connectivity index (χ0n) is 13.0. The van der Waals surface area contributed by atoms with Crippen LogP contribution in [0.2, 0.25) is 0 Å². The first-order valence-electron chi connectivity index (χ1n) is 7.79. The van der Waals surface area contributed by atoms with E-state index in [2.05, 4.69) is 30.3 Å². The zero-order valence-corrected chi connectivity index (χ0v) is 13.8. The molecule has 0 aromatic heterocycles. The molecule has 0 saturated carbocycles. The van der Waals surface area contributed by atoms with E-state index in [4.69, 9.17) is 4.74 Å². The molecule has 1 aliphatic heterocycles. The molecule has 0 radical (unpaired) electrons. The fourth-order valence-electron chi connectivity index (χ4n) is 2.45. The molecule has 1 fully saturated rings. The molecule has 1 atom stereocenters. The minimum absolute atomic E-state index is 0.382. The van der Waals surface area contributed by atoms with Crippen LogP contribution >= 0.6 is 11.8 Å². The van der Waals surface area contributed by atoms with E-state index in [0.29, 0.717) is 12.1 Å². The van der Waals surface area contributed by atoms with E-state index in [1.807, 2.05) is 11.8 Å². The van der Waals surface area contributed by atoms with Gasteiger partial charge >= 0.3 is 0 Å². The Hall–Kier alpha value is 0.230. The average Bonchev–Trinajstić information content (AvgIpc) is 2.42. The second-order valence-electron chi connectivity index (χ2n) is 5.69. The number of hydrogen-bond acceptors (Lipinski definition) is 4. The van der Waals surface area contributed by atoms with Crippen molar-refractivity contribution in [2.45, 2.75) is 51.7 Å². The molecule has 0 aromatic rings. The Morgan fingerprint density at radius 2 is 2.05 bits per heavy atom. The van der Waals surface area contributed by atoms with Crippen molar-refractivity contribution in [2.75, 3.05) is 44.8 Å². The second kappa shape index (κ2) is 11.0. The third-order valence-corrected chi connectivity index (χ3v) is 4.42. The number of rotatable bonds is 10. The highest BCUT2D eigenvalue weighted by Crippen LogP contribution is 2.08. The van der Waals surface area contributed by atoms with Crippen LogP contribution in [0.3, 0.4) is 0 Å². The van der Waals surface area contributed by atoms with Crippen LogP contribution in [-0.4, -0.2) is 61.8 Å². The van der Waals surface area contributed by atoms with Crippen LogP contribution in [0.15, 0.2) is 0 Å². The van der Waals surface area contributed by atoms with Crippen LogP contribution in [0.25, 0.3) is 0 Å². The SMILES string of the molecule is CSCCCCCCNCC1CN(C(C)C)CCO1. The first-order chi connectivity index (χ1) is 9.24. The molecule has 0 aliphatic carbocycles. The first kappa shape index (κ1) is 17.3. The van der Waals surface area contributed by atoms with Crippen LogP contribution in [0, 0.1) is 0 Å². The van der Waals surface area contributed by atoms with E-state index in [1.54, 1.807) is 0 Å². The summed E-state index contributed by atoms with van der Waals surface area (Å²) in [6.45, 7) is 9.74. The van der Waals surface area contributed by atoms with E-state index < -0.39 is 0 Å². The fourth-order valence-corrected chi connectivity index (χ4v) is 2.94. The van der Waals surface area contributed by atoms with E-state index in [0.717, 1.165) is 32.8 Å². The topological polar surface area (TPSA) is 24.5 Å². The van der Waals surface area contributed by atoms with Gasteiger partial charge in [-0.3, -0.25) is 4.90 Å². The molecule has 1 unspecified atom stereocenters.